The third kappa shape index (κ3) is 8.52. The Hall–Kier alpha value is -4.31. The maximum Gasteiger partial charge on any atom is 0.285 e. The van der Waals surface area contributed by atoms with Gasteiger partial charge in [-0.05, 0) is 30.3 Å². The summed E-state index contributed by atoms with van der Waals surface area (Å²) in [7, 11) is -9.27. The van der Waals surface area contributed by atoms with Crippen molar-refractivity contribution in [1.82, 2.24) is 15.2 Å². The Bertz CT molecular complexity index is 1470. The number of carbonyl (C=O) groups is 2. The molecular weight excluding hydrogens is 508 g/mol. The Morgan fingerprint density at radius 1 is 1.09 bits per heavy atom. The smallest absolute Gasteiger partial charge is 0.285 e. The molecule has 0 saturated heterocycles. The van der Waals surface area contributed by atoms with Gasteiger partial charge in [0, 0.05) is 23.0 Å². The molecule has 0 unspecified atom stereocenters. The molecule has 0 aliphatic heterocycles. The number of nitrogens with zero attached hydrogens (tertiary/aromatic N) is 4. The van der Waals surface area contributed by atoms with Crippen molar-refractivity contribution < 1.29 is 35.5 Å². The number of hydrogen-bond donors (Lipinski definition) is 6. The molecule has 0 aliphatic rings. The fraction of sp³-hybridized carbons (Fsp3) is 0.118. The van der Waals surface area contributed by atoms with Crippen LogP contribution in [0.15, 0.2) is 46.5 Å². The van der Waals surface area contributed by atoms with E-state index >= 15 is 0 Å². The SMILES string of the molecule is N#Cc1cccn1-c1cc(C(=O)N=C(N)N)cc(C(=O)NC(=NCS(=O)(=O)O)NCS(=O)(=O)O)c1. The third-order valence-electron chi connectivity index (χ3n) is 3.84. The number of benzene rings is 1. The van der Waals surface area contributed by atoms with E-state index in [-0.39, 0.29) is 22.5 Å². The zero-order chi connectivity index (χ0) is 26.4. The van der Waals surface area contributed by atoms with E-state index in [4.69, 9.17) is 20.6 Å². The summed E-state index contributed by atoms with van der Waals surface area (Å²) in [5, 5.41) is 13.3. The van der Waals surface area contributed by atoms with E-state index in [9.17, 15) is 31.7 Å². The van der Waals surface area contributed by atoms with Gasteiger partial charge in [-0.25, -0.2) is 4.99 Å². The number of aliphatic imine (C=N–C) groups is 2. The van der Waals surface area contributed by atoms with E-state index in [1.54, 1.807) is 0 Å². The second kappa shape index (κ2) is 10.7. The minimum absolute atomic E-state index is 0.146. The average Bonchev–Trinajstić information content (AvgIpc) is 3.22. The van der Waals surface area contributed by atoms with Gasteiger partial charge >= 0.3 is 0 Å². The van der Waals surface area contributed by atoms with Crippen LogP contribution < -0.4 is 22.1 Å². The lowest BCUT2D eigenvalue weighted by Gasteiger charge is -2.13. The van der Waals surface area contributed by atoms with Gasteiger partial charge in [-0.2, -0.15) is 27.1 Å². The molecule has 186 valence electrons. The molecular formula is C17H18N8O8S2. The van der Waals surface area contributed by atoms with Crippen LogP contribution in [-0.2, 0) is 20.2 Å². The number of carbonyl (C=O) groups excluding carboxylic acids is 2. The molecule has 2 rings (SSSR count). The van der Waals surface area contributed by atoms with Gasteiger partial charge in [0.2, 0.25) is 0 Å². The molecule has 16 nitrogen and oxygen atoms in total. The van der Waals surface area contributed by atoms with Crippen molar-refractivity contribution in [1.29, 1.82) is 5.26 Å². The number of aromatic nitrogens is 1. The third-order valence-corrected chi connectivity index (χ3v) is 4.80. The molecule has 2 aromatic rings. The molecule has 1 aromatic carbocycles. The van der Waals surface area contributed by atoms with Crippen LogP contribution in [0.4, 0.5) is 0 Å². The monoisotopic (exact) mass is 526 g/mol. The van der Waals surface area contributed by atoms with Gasteiger partial charge in [-0.3, -0.25) is 24.0 Å². The van der Waals surface area contributed by atoms with Gasteiger partial charge in [0.25, 0.3) is 32.1 Å². The van der Waals surface area contributed by atoms with Crippen LogP contribution in [0.2, 0.25) is 0 Å². The standard InChI is InChI=1S/C17H18N8O8S2/c18-7-12-2-1-3-25(12)13-5-10(14(26)23-16(19)20)4-11(6-13)15(27)24-17(21-8-34(28,29)30)22-9-35(31,32)33/h1-6H,8-9H2,(H,28,29,30)(H,31,32,33)(H4,19,20,23,26)(H2,21,22,24,27). The molecule has 0 spiro atoms. The fourth-order valence-electron chi connectivity index (χ4n) is 2.51. The molecule has 2 amide bonds. The predicted molar refractivity (Wildman–Crippen MR) is 121 cm³/mol. The van der Waals surface area contributed by atoms with Crippen LogP contribution >= 0.6 is 0 Å². The Morgan fingerprint density at radius 2 is 1.74 bits per heavy atom. The van der Waals surface area contributed by atoms with Crippen molar-refractivity contribution in [2.45, 2.75) is 0 Å². The summed E-state index contributed by atoms with van der Waals surface area (Å²) >= 11 is 0. The summed E-state index contributed by atoms with van der Waals surface area (Å²) in [5.41, 5.74) is 10.3. The molecule has 8 N–H and O–H groups in total. The van der Waals surface area contributed by atoms with Crippen molar-refractivity contribution in [2.24, 2.45) is 21.5 Å². The maximum absolute atomic E-state index is 12.9. The number of nitrogens with two attached hydrogens (primary N) is 2. The summed E-state index contributed by atoms with van der Waals surface area (Å²) in [6, 6.07) is 8.50. The van der Waals surface area contributed by atoms with Crippen LogP contribution in [0.5, 0.6) is 0 Å². The fourth-order valence-corrected chi connectivity index (χ4v) is 3.12. The zero-order valence-electron chi connectivity index (χ0n) is 17.5. The number of amides is 2. The van der Waals surface area contributed by atoms with E-state index in [1.807, 2.05) is 11.4 Å². The van der Waals surface area contributed by atoms with E-state index in [0.29, 0.717) is 0 Å². The quantitative estimate of drug-likeness (QED) is 0.131. The first-order valence-electron chi connectivity index (χ1n) is 9.05. The highest BCUT2D eigenvalue weighted by Gasteiger charge is 2.18. The second-order valence-corrected chi connectivity index (χ2v) is 9.44. The minimum atomic E-state index is -4.65. The van der Waals surface area contributed by atoms with E-state index in [2.05, 4.69) is 15.3 Å². The molecule has 0 saturated carbocycles. The first-order valence-corrected chi connectivity index (χ1v) is 12.3. The Labute approximate surface area is 198 Å². The summed E-state index contributed by atoms with van der Waals surface area (Å²) in [6.45, 7) is 0. The van der Waals surface area contributed by atoms with Crippen LogP contribution in [0.1, 0.15) is 26.4 Å². The summed E-state index contributed by atoms with van der Waals surface area (Å²) in [6.07, 6.45) is 1.47. The van der Waals surface area contributed by atoms with Gasteiger partial charge in [0.05, 0.1) is 0 Å². The van der Waals surface area contributed by atoms with E-state index in [1.165, 1.54) is 35.0 Å². The Kier molecular flexibility index (Phi) is 8.27. The van der Waals surface area contributed by atoms with Crippen molar-refractivity contribution in [3.05, 3.63) is 53.3 Å². The van der Waals surface area contributed by atoms with Crippen molar-refractivity contribution in [2.75, 3.05) is 11.8 Å². The summed E-state index contributed by atoms with van der Waals surface area (Å²) in [5.74, 6) is -5.69. The van der Waals surface area contributed by atoms with Crippen LogP contribution in [0.25, 0.3) is 5.69 Å². The molecule has 1 aromatic heterocycles. The first-order chi connectivity index (χ1) is 16.2. The lowest BCUT2D eigenvalue weighted by atomic mass is 10.1. The predicted octanol–water partition coefficient (Wildman–Crippen LogP) is -1.87. The highest BCUT2D eigenvalue weighted by Crippen LogP contribution is 2.18. The van der Waals surface area contributed by atoms with Crippen LogP contribution in [-0.4, -0.2) is 66.0 Å². The number of hydrogen-bond acceptors (Lipinski definition) is 8. The minimum Gasteiger partial charge on any atom is -0.370 e. The first kappa shape index (κ1) is 26.9. The number of nitrogens with one attached hydrogen (secondary N) is 2. The number of rotatable bonds is 7. The summed E-state index contributed by atoms with van der Waals surface area (Å²) < 4.78 is 63.0. The average molecular weight is 527 g/mol. The molecule has 35 heavy (non-hydrogen) atoms. The van der Waals surface area contributed by atoms with Crippen LogP contribution in [0.3, 0.4) is 0 Å². The topological polar surface area (TPSA) is 272 Å². The highest BCUT2D eigenvalue weighted by atomic mass is 32.2. The van der Waals surface area contributed by atoms with Crippen molar-refractivity contribution in [3.63, 3.8) is 0 Å². The highest BCUT2D eigenvalue weighted by molar-refractivity contribution is 7.86. The van der Waals surface area contributed by atoms with Gasteiger partial charge in [-0.1, -0.05) is 0 Å². The normalized spacial score (nSPS) is 11.9. The molecule has 1 heterocycles. The maximum atomic E-state index is 12.9. The van der Waals surface area contributed by atoms with Gasteiger partial charge < -0.3 is 21.4 Å². The molecule has 0 atom stereocenters. The van der Waals surface area contributed by atoms with E-state index in [0.717, 1.165) is 6.07 Å². The largest absolute Gasteiger partial charge is 0.370 e. The number of guanidine groups is 2. The molecule has 0 fully saturated rings. The lowest BCUT2D eigenvalue weighted by Crippen LogP contribution is -2.43. The van der Waals surface area contributed by atoms with Gasteiger partial charge in [0.15, 0.2) is 17.8 Å². The Morgan fingerprint density at radius 3 is 2.31 bits per heavy atom. The van der Waals surface area contributed by atoms with Crippen molar-refractivity contribution in [3.8, 4) is 11.8 Å². The molecule has 18 heteroatoms. The molecule has 0 aliphatic carbocycles. The summed E-state index contributed by atoms with van der Waals surface area (Å²) in [4.78, 5) is 32.0. The molecule has 0 radical (unpaired) electrons. The Balaban J connectivity index is 2.53. The second-order valence-electron chi connectivity index (χ2n) is 6.56. The van der Waals surface area contributed by atoms with Crippen molar-refractivity contribution >= 4 is 44.0 Å². The van der Waals surface area contributed by atoms with Crippen LogP contribution in [0, 0.1) is 11.3 Å². The number of nitriles is 1. The zero-order valence-corrected chi connectivity index (χ0v) is 19.1. The van der Waals surface area contributed by atoms with Gasteiger partial charge in [0.1, 0.15) is 17.6 Å². The van der Waals surface area contributed by atoms with E-state index < -0.39 is 55.7 Å². The van der Waals surface area contributed by atoms with Gasteiger partial charge in [-0.15, -0.1) is 0 Å². The molecule has 0 bridgehead atoms. The lowest BCUT2D eigenvalue weighted by molar-refractivity contribution is 0.0975.